The second-order valence-electron chi connectivity index (χ2n) is 11.0. The molecule has 232 valence electrons. The summed E-state index contributed by atoms with van der Waals surface area (Å²) >= 11 is 1.38. The number of thiophene rings is 1. The lowest BCUT2D eigenvalue weighted by molar-refractivity contribution is -0.133. The standard InChI is InChI=1S/C32H28F4N6O2S/c1-16-14-37-17(2)24-13-23(40-42(16)24)30-28(27-22(34)11-20(33)12-26(27)43-7-8-44-32(35)36)31-21(6-9-45-31)29(39-30)18-4-5-19-15-38-41(3)25(19)10-18/h4-6,9-13,15-17,32,37H,7-8,14H2,1-3H3/t16-,17+/m0/s1. The predicted molar refractivity (Wildman–Crippen MR) is 164 cm³/mol. The largest absolute Gasteiger partial charge is 0.490 e. The van der Waals surface area contributed by atoms with Gasteiger partial charge in [-0.2, -0.15) is 19.0 Å². The van der Waals surface area contributed by atoms with Gasteiger partial charge in [-0.05, 0) is 37.4 Å². The SMILES string of the molecule is C[C@H]1NC[C@H](C)n2nc(-c3nc(-c4ccc5cnn(C)c5c4)c4ccsc4c3-c3c(F)cc(F)cc3OCCOC(F)F)cc21. The fourth-order valence-electron chi connectivity index (χ4n) is 5.89. The predicted octanol–water partition coefficient (Wildman–Crippen LogP) is 7.50. The Bertz CT molecular complexity index is 2030. The van der Waals surface area contributed by atoms with Gasteiger partial charge < -0.3 is 14.8 Å². The van der Waals surface area contributed by atoms with Crippen LogP contribution in [0.5, 0.6) is 5.75 Å². The van der Waals surface area contributed by atoms with Crippen molar-refractivity contribution in [1.82, 2.24) is 29.9 Å². The summed E-state index contributed by atoms with van der Waals surface area (Å²) in [6.07, 6.45) is 1.79. The van der Waals surface area contributed by atoms with Crippen molar-refractivity contribution in [2.75, 3.05) is 19.8 Å². The molecule has 1 aliphatic heterocycles. The smallest absolute Gasteiger partial charge is 0.345 e. The van der Waals surface area contributed by atoms with E-state index in [1.807, 2.05) is 54.4 Å². The van der Waals surface area contributed by atoms with Crippen molar-refractivity contribution >= 4 is 32.3 Å². The highest BCUT2D eigenvalue weighted by atomic mass is 32.1. The van der Waals surface area contributed by atoms with Gasteiger partial charge in [0.1, 0.15) is 35.4 Å². The number of aromatic nitrogens is 5. The summed E-state index contributed by atoms with van der Waals surface area (Å²) in [5.74, 6) is -1.90. The Hall–Kier alpha value is -4.33. The van der Waals surface area contributed by atoms with Crippen LogP contribution in [-0.4, -0.2) is 50.9 Å². The summed E-state index contributed by atoms with van der Waals surface area (Å²) in [4.78, 5) is 5.17. The number of ether oxygens (including phenoxy) is 2. The molecule has 0 saturated heterocycles. The molecular formula is C32H28F4N6O2S. The van der Waals surface area contributed by atoms with Crippen LogP contribution in [0.2, 0.25) is 0 Å². The van der Waals surface area contributed by atoms with Gasteiger partial charge in [-0.1, -0.05) is 12.1 Å². The molecule has 2 aromatic carbocycles. The molecular weight excluding hydrogens is 608 g/mol. The Labute approximate surface area is 259 Å². The summed E-state index contributed by atoms with van der Waals surface area (Å²) in [5.41, 5.74) is 4.57. The van der Waals surface area contributed by atoms with Crippen molar-refractivity contribution in [1.29, 1.82) is 0 Å². The Morgan fingerprint density at radius 3 is 2.69 bits per heavy atom. The van der Waals surface area contributed by atoms with E-state index in [-0.39, 0.29) is 30.0 Å². The molecule has 7 rings (SSSR count). The number of pyridine rings is 1. The van der Waals surface area contributed by atoms with Gasteiger partial charge in [0.05, 0.1) is 41.3 Å². The summed E-state index contributed by atoms with van der Waals surface area (Å²) in [6, 6.07) is 11.7. The number of alkyl halides is 2. The van der Waals surface area contributed by atoms with Crippen molar-refractivity contribution in [3.63, 3.8) is 0 Å². The number of nitrogens with one attached hydrogen (secondary N) is 1. The van der Waals surface area contributed by atoms with Crippen LogP contribution in [0.1, 0.15) is 31.6 Å². The molecule has 2 atom stereocenters. The van der Waals surface area contributed by atoms with E-state index in [0.717, 1.165) is 46.2 Å². The molecule has 0 spiro atoms. The van der Waals surface area contributed by atoms with Crippen LogP contribution in [0.3, 0.4) is 0 Å². The van der Waals surface area contributed by atoms with E-state index in [9.17, 15) is 13.2 Å². The van der Waals surface area contributed by atoms with Crippen molar-refractivity contribution < 1.29 is 27.0 Å². The zero-order valence-corrected chi connectivity index (χ0v) is 25.3. The third-order valence-electron chi connectivity index (χ3n) is 8.07. The number of fused-ring (bicyclic) bond motifs is 3. The molecule has 8 nitrogen and oxygen atoms in total. The minimum absolute atomic E-state index is 0.0133. The fraction of sp³-hybridized carbons (Fsp3) is 0.281. The van der Waals surface area contributed by atoms with Crippen LogP contribution in [0.25, 0.3) is 54.8 Å². The Kier molecular flexibility index (Phi) is 7.54. The molecule has 0 radical (unpaired) electrons. The molecule has 4 aromatic heterocycles. The lowest BCUT2D eigenvalue weighted by Gasteiger charge is -2.27. The number of benzene rings is 2. The minimum atomic E-state index is -3.00. The van der Waals surface area contributed by atoms with E-state index in [2.05, 4.69) is 22.1 Å². The number of aryl methyl sites for hydroxylation is 1. The van der Waals surface area contributed by atoms with E-state index in [1.165, 1.54) is 11.3 Å². The Morgan fingerprint density at radius 1 is 1.04 bits per heavy atom. The van der Waals surface area contributed by atoms with Crippen LogP contribution < -0.4 is 10.1 Å². The summed E-state index contributed by atoms with van der Waals surface area (Å²) < 4.78 is 70.2. The number of hydrogen-bond acceptors (Lipinski definition) is 7. The van der Waals surface area contributed by atoms with E-state index in [0.29, 0.717) is 27.3 Å². The van der Waals surface area contributed by atoms with Gasteiger partial charge in [0.15, 0.2) is 0 Å². The first kappa shape index (κ1) is 29.4. The maximum absolute atomic E-state index is 16.0. The molecule has 1 N–H and O–H groups in total. The highest BCUT2D eigenvalue weighted by molar-refractivity contribution is 7.18. The van der Waals surface area contributed by atoms with E-state index in [1.54, 1.807) is 10.9 Å². The third-order valence-corrected chi connectivity index (χ3v) is 9.00. The van der Waals surface area contributed by atoms with Gasteiger partial charge in [-0.15, -0.1) is 11.3 Å². The first-order valence-corrected chi connectivity index (χ1v) is 15.3. The molecule has 0 fully saturated rings. The Balaban J connectivity index is 1.49. The van der Waals surface area contributed by atoms with Gasteiger partial charge >= 0.3 is 6.61 Å². The number of rotatable bonds is 8. The fourth-order valence-corrected chi connectivity index (χ4v) is 6.84. The average molecular weight is 637 g/mol. The summed E-state index contributed by atoms with van der Waals surface area (Å²) in [6.45, 7) is 1.00. The first-order chi connectivity index (χ1) is 21.7. The molecule has 5 heterocycles. The third kappa shape index (κ3) is 5.24. The molecule has 0 saturated carbocycles. The van der Waals surface area contributed by atoms with Crippen molar-refractivity contribution in [2.24, 2.45) is 7.05 Å². The van der Waals surface area contributed by atoms with Gasteiger partial charge in [-0.3, -0.25) is 9.36 Å². The van der Waals surface area contributed by atoms with E-state index < -0.39 is 24.9 Å². The van der Waals surface area contributed by atoms with Gasteiger partial charge in [0, 0.05) is 58.4 Å². The van der Waals surface area contributed by atoms with Crippen molar-refractivity contribution in [2.45, 2.75) is 32.5 Å². The summed E-state index contributed by atoms with van der Waals surface area (Å²) in [5, 5.41) is 16.4. The maximum Gasteiger partial charge on any atom is 0.345 e. The molecule has 0 bridgehead atoms. The highest BCUT2D eigenvalue weighted by Gasteiger charge is 2.29. The number of halogens is 4. The molecule has 0 unspecified atom stereocenters. The zero-order chi connectivity index (χ0) is 31.4. The van der Waals surface area contributed by atoms with E-state index in [4.69, 9.17) is 14.8 Å². The molecule has 13 heteroatoms. The average Bonchev–Trinajstić information content (AvgIpc) is 3.76. The molecule has 45 heavy (non-hydrogen) atoms. The lowest BCUT2D eigenvalue weighted by atomic mass is 9.96. The van der Waals surface area contributed by atoms with Crippen LogP contribution in [0.15, 0.2) is 54.0 Å². The molecule has 0 amide bonds. The lowest BCUT2D eigenvalue weighted by Crippen LogP contribution is -2.34. The molecule has 6 aromatic rings. The second kappa shape index (κ2) is 11.5. The van der Waals surface area contributed by atoms with Gasteiger partial charge in [-0.25, -0.2) is 13.8 Å². The normalized spacial score (nSPS) is 16.6. The van der Waals surface area contributed by atoms with Crippen LogP contribution >= 0.6 is 11.3 Å². The highest BCUT2D eigenvalue weighted by Crippen LogP contribution is 2.47. The number of hydrogen-bond donors (Lipinski definition) is 1. The molecule has 0 aliphatic carbocycles. The van der Waals surface area contributed by atoms with Gasteiger partial charge in [0.25, 0.3) is 0 Å². The Morgan fingerprint density at radius 2 is 1.89 bits per heavy atom. The van der Waals surface area contributed by atoms with Crippen molar-refractivity contribution in [3.8, 4) is 39.5 Å². The number of nitrogens with zero attached hydrogens (tertiary/aromatic N) is 5. The summed E-state index contributed by atoms with van der Waals surface area (Å²) in [7, 11) is 1.87. The second-order valence-corrected chi connectivity index (χ2v) is 11.9. The zero-order valence-electron chi connectivity index (χ0n) is 24.5. The first-order valence-electron chi connectivity index (χ1n) is 14.4. The van der Waals surface area contributed by atoms with Crippen molar-refractivity contribution in [3.05, 3.63) is 71.4 Å². The monoisotopic (exact) mass is 636 g/mol. The minimum Gasteiger partial charge on any atom is -0.490 e. The van der Waals surface area contributed by atoms with E-state index >= 15 is 4.39 Å². The van der Waals surface area contributed by atoms with Gasteiger partial charge in [0.2, 0.25) is 0 Å². The quantitative estimate of drug-likeness (QED) is 0.138. The van der Waals surface area contributed by atoms with Crippen LogP contribution in [0, 0.1) is 11.6 Å². The van der Waals surface area contributed by atoms with Crippen LogP contribution in [-0.2, 0) is 11.8 Å². The topological polar surface area (TPSA) is 79.0 Å². The molecule has 1 aliphatic rings. The maximum atomic E-state index is 16.0. The van der Waals surface area contributed by atoms with Crippen LogP contribution in [0.4, 0.5) is 17.6 Å².